The predicted octanol–water partition coefficient (Wildman–Crippen LogP) is 2.02. The van der Waals surface area contributed by atoms with Crippen LogP contribution >= 0.6 is 0 Å². The van der Waals surface area contributed by atoms with E-state index in [0.717, 1.165) is 11.6 Å². The molecule has 1 aromatic rings. The highest BCUT2D eigenvalue weighted by molar-refractivity contribution is 5.89. The molecule has 0 aliphatic carbocycles. The summed E-state index contributed by atoms with van der Waals surface area (Å²) in [6, 6.07) is 0. The second-order valence-electron chi connectivity index (χ2n) is 3.55. The largest absolute Gasteiger partial charge is 0.461 e. The molecule has 90 valence electrons. The molecule has 0 bridgehead atoms. The second kappa shape index (κ2) is 4.19. The molecule has 1 heterocycles. The van der Waals surface area contributed by atoms with E-state index in [1.165, 1.54) is 14.0 Å². The molecule has 0 aromatic carbocycles. The fourth-order valence-corrected chi connectivity index (χ4v) is 1.53. The minimum Gasteiger partial charge on any atom is -0.461 e. The van der Waals surface area contributed by atoms with Gasteiger partial charge >= 0.3 is 5.97 Å². The number of esters is 1. The van der Waals surface area contributed by atoms with Gasteiger partial charge in [0.2, 0.25) is 0 Å². The van der Waals surface area contributed by atoms with Gasteiger partial charge in [-0.05, 0) is 13.8 Å². The van der Waals surface area contributed by atoms with Crippen LogP contribution in [0.3, 0.4) is 0 Å². The van der Waals surface area contributed by atoms with E-state index in [9.17, 15) is 13.6 Å². The Bertz CT molecular complexity index is 408. The van der Waals surface area contributed by atoms with Crippen molar-refractivity contribution in [3.8, 4) is 0 Å². The van der Waals surface area contributed by atoms with Crippen LogP contribution < -0.4 is 0 Å². The van der Waals surface area contributed by atoms with Gasteiger partial charge in [-0.15, -0.1) is 0 Å². The van der Waals surface area contributed by atoms with E-state index in [1.807, 2.05) is 0 Å². The zero-order chi connectivity index (χ0) is 12.5. The van der Waals surface area contributed by atoms with Crippen LogP contribution in [-0.4, -0.2) is 22.4 Å². The summed E-state index contributed by atoms with van der Waals surface area (Å²) < 4.78 is 32.2. The summed E-state index contributed by atoms with van der Waals surface area (Å²) in [4.78, 5) is 11.5. The highest BCUT2D eigenvalue weighted by Gasteiger charge is 2.33. The quantitative estimate of drug-likeness (QED) is 0.749. The van der Waals surface area contributed by atoms with Crippen LogP contribution in [0.5, 0.6) is 0 Å². The van der Waals surface area contributed by atoms with Crippen molar-refractivity contribution in [1.29, 1.82) is 0 Å². The van der Waals surface area contributed by atoms with Crippen LogP contribution in [0.2, 0.25) is 0 Å². The Kier molecular flexibility index (Phi) is 3.30. The lowest BCUT2D eigenvalue weighted by Crippen LogP contribution is -2.11. The molecule has 0 radical (unpaired) electrons. The van der Waals surface area contributed by atoms with E-state index in [0.29, 0.717) is 0 Å². The Morgan fingerprint density at radius 1 is 1.56 bits per heavy atom. The van der Waals surface area contributed by atoms with Crippen molar-refractivity contribution in [2.75, 3.05) is 6.61 Å². The standard InChI is InChI=1S/C10H14F2N2O2/c1-5-16-9(15)7-6(2)8(10(3,11)12)13-14(7)4/h5H2,1-4H3. The number of carbonyl (C=O) groups excluding carboxylic acids is 1. The van der Waals surface area contributed by atoms with Crippen LogP contribution in [-0.2, 0) is 17.7 Å². The molecule has 0 amide bonds. The maximum absolute atomic E-state index is 13.1. The first-order valence-electron chi connectivity index (χ1n) is 4.88. The normalized spacial score (nSPS) is 11.6. The molecular weight excluding hydrogens is 218 g/mol. The minimum absolute atomic E-state index is 0.0679. The SMILES string of the molecule is CCOC(=O)c1c(C)c(C(C)(F)F)nn1C. The molecule has 1 rings (SSSR count). The van der Waals surface area contributed by atoms with Crippen molar-refractivity contribution >= 4 is 5.97 Å². The molecule has 1 aromatic heterocycles. The van der Waals surface area contributed by atoms with Crippen LogP contribution in [0, 0.1) is 6.92 Å². The van der Waals surface area contributed by atoms with Crippen molar-refractivity contribution in [3.63, 3.8) is 0 Å². The first-order chi connectivity index (χ1) is 7.29. The molecular formula is C10H14F2N2O2. The smallest absolute Gasteiger partial charge is 0.356 e. The molecule has 16 heavy (non-hydrogen) atoms. The number of ether oxygens (including phenoxy) is 1. The molecule has 0 fully saturated rings. The minimum atomic E-state index is -3.06. The van der Waals surface area contributed by atoms with Crippen molar-refractivity contribution in [2.45, 2.75) is 26.7 Å². The zero-order valence-corrected chi connectivity index (χ0v) is 9.67. The molecule has 0 aliphatic rings. The molecule has 0 aliphatic heterocycles. The van der Waals surface area contributed by atoms with Crippen molar-refractivity contribution in [2.24, 2.45) is 7.05 Å². The second-order valence-corrected chi connectivity index (χ2v) is 3.55. The molecule has 0 unspecified atom stereocenters. The Morgan fingerprint density at radius 3 is 2.50 bits per heavy atom. The summed E-state index contributed by atoms with van der Waals surface area (Å²) in [5, 5.41) is 3.65. The molecule has 0 spiro atoms. The topological polar surface area (TPSA) is 44.1 Å². The van der Waals surface area contributed by atoms with E-state index < -0.39 is 17.6 Å². The average Bonchev–Trinajstić information content (AvgIpc) is 2.41. The Morgan fingerprint density at radius 2 is 2.12 bits per heavy atom. The number of aryl methyl sites for hydroxylation is 1. The van der Waals surface area contributed by atoms with E-state index in [-0.39, 0.29) is 17.9 Å². The van der Waals surface area contributed by atoms with Crippen LogP contribution in [0.4, 0.5) is 8.78 Å². The highest BCUT2D eigenvalue weighted by Crippen LogP contribution is 2.30. The molecule has 4 nitrogen and oxygen atoms in total. The number of hydrogen-bond acceptors (Lipinski definition) is 3. The van der Waals surface area contributed by atoms with Gasteiger partial charge in [0.15, 0.2) is 0 Å². The van der Waals surface area contributed by atoms with E-state index in [2.05, 4.69) is 5.10 Å². The summed E-state index contributed by atoms with van der Waals surface area (Å²) >= 11 is 0. The number of carbonyl (C=O) groups is 1. The van der Waals surface area contributed by atoms with Gasteiger partial charge in [0.25, 0.3) is 5.92 Å². The highest BCUT2D eigenvalue weighted by atomic mass is 19.3. The Hall–Kier alpha value is -1.46. The molecule has 0 N–H and O–H groups in total. The first-order valence-corrected chi connectivity index (χ1v) is 4.88. The zero-order valence-electron chi connectivity index (χ0n) is 9.67. The van der Waals surface area contributed by atoms with Crippen molar-refractivity contribution < 1.29 is 18.3 Å². The van der Waals surface area contributed by atoms with Gasteiger partial charge in [0.1, 0.15) is 11.4 Å². The third-order valence-corrected chi connectivity index (χ3v) is 2.17. The molecule has 0 atom stereocenters. The average molecular weight is 232 g/mol. The fourth-order valence-electron chi connectivity index (χ4n) is 1.53. The molecule has 0 saturated heterocycles. The number of alkyl halides is 2. The van der Waals surface area contributed by atoms with E-state index in [4.69, 9.17) is 4.74 Å². The Balaban J connectivity index is 3.23. The fraction of sp³-hybridized carbons (Fsp3) is 0.600. The van der Waals surface area contributed by atoms with Gasteiger partial charge in [-0.25, -0.2) is 4.79 Å². The maximum Gasteiger partial charge on any atom is 0.356 e. The third-order valence-electron chi connectivity index (χ3n) is 2.17. The van der Waals surface area contributed by atoms with Crippen LogP contribution in [0.25, 0.3) is 0 Å². The predicted molar refractivity (Wildman–Crippen MR) is 53.5 cm³/mol. The van der Waals surface area contributed by atoms with Crippen LogP contribution in [0.1, 0.15) is 35.6 Å². The van der Waals surface area contributed by atoms with Gasteiger partial charge in [-0.3, -0.25) is 4.68 Å². The number of nitrogens with zero attached hydrogens (tertiary/aromatic N) is 2. The summed E-state index contributed by atoms with van der Waals surface area (Å²) in [7, 11) is 1.44. The van der Waals surface area contributed by atoms with Gasteiger partial charge in [0, 0.05) is 19.5 Å². The van der Waals surface area contributed by atoms with Gasteiger partial charge in [-0.2, -0.15) is 13.9 Å². The number of rotatable bonds is 3. The number of hydrogen-bond donors (Lipinski definition) is 0. The lowest BCUT2D eigenvalue weighted by Gasteiger charge is -2.07. The van der Waals surface area contributed by atoms with Gasteiger partial charge in [0.05, 0.1) is 6.61 Å². The molecule has 6 heteroatoms. The third kappa shape index (κ3) is 2.20. The van der Waals surface area contributed by atoms with E-state index in [1.54, 1.807) is 6.92 Å². The molecule has 0 saturated carbocycles. The Labute approximate surface area is 92.2 Å². The lowest BCUT2D eigenvalue weighted by atomic mass is 10.1. The monoisotopic (exact) mass is 232 g/mol. The van der Waals surface area contributed by atoms with Crippen LogP contribution in [0.15, 0.2) is 0 Å². The first kappa shape index (κ1) is 12.6. The van der Waals surface area contributed by atoms with Gasteiger partial charge in [-0.1, -0.05) is 0 Å². The number of halogens is 2. The maximum atomic E-state index is 13.1. The summed E-state index contributed by atoms with van der Waals surface area (Å²) in [5.74, 6) is -3.70. The van der Waals surface area contributed by atoms with Crippen molar-refractivity contribution in [1.82, 2.24) is 9.78 Å². The summed E-state index contributed by atoms with van der Waals surface area (Å²) in [6.07, 6.45) is 0. The summed E-state index contributed by atoms with van der Waals surface area (Å²) in [5.41, 5.74) is -0.162. The van der Waals surface area contributed by atoms with E-state index >= 15 is 0 Å². The van der Waals surface area contributed by atoms with Gasteiger partial charge < -0.3 is 4.74 Å². The lowest BCUT2D eigenvalue weighted by molar-refractivity contribution is 0.0116. The summed E-state index contributed by atoms with van der Waals surface area (Å²) in [6.45, 7) is 4.03. The van der Waals surface area contributed by atoms with Crippen molar-refractivity contribution in [3.05, 3.63) is 17.0 Å². The number of aromatic nitrogens is 2.